The minimum atomic E-state index is -1.10. The maximum atomic E-state index is 14.2. The van der Waals surface area contributed by atoms with Crippen molar-refractivity contribution in [3.63, 3.8) is 0 Å². The van der Waals surface area contributed by atoms with Gasteiger partial charge in [-0.25, -0.2) is 4.39 Å². The molecule has 1 aromatic carbocycles. The first-order valence-corrected chi connectivity index (χ1v) is 11.9. The fourth-order valence-corrected chi connectivity index (χ4v) is 4.43. The van der Waals surface area contributed by atoms with Gasteiger partial charge >= 0.3 is 0 Å². The molecule has 1 saturated carbocycles. The molecule has 1 aliphatic rings. The first kappa shape index (κ1) is 25.6. The van der Waals surface area contributed by atoms with Crippen LogP contribution in [0.2, 0.25) is 0 Å². The monoisotopic (exact) mass is 473 g/mol. The number of amides is 3. The second kappa shape index (κ2) is 10.1. The number of nitrogens with two attached hydrogens (primary N) is 1. The van der Waals surface area contributed by atoms with Crippen LogP contribution in [0.1, 0.15) is 70.3 Å². The molecule has 0 spiro atoms. The Morgan fingerprint density at radius 1 is 1.24 bits per heavy atom. The van der Waals surface area contributed by atoms with E-state index in [0.717, 1.165) is 18.4 Å². The van der Waals surface area contributed by atoms with Crippen LogP contribution in [0.25, 0.3) is 10.9 Å². The molecule has 1 fully saturated rings. The summed E-state index contributed by atoms with van der Waals surface area (Å²) in [6, 6.07) is 6.66. The Labute approximate surface area is 199 Å². The molecule has 186 valence electrons. The van der Waals surface area contributed by atoms with E-state index in [0.29, 0.717) is 30.7 Å². The molecule has 1 atom stereocenters. The van der Waals surface area contributed by atoms with E-state index in [1.807, 2.05) is 49.7 Å². The summed E-state index contributed by atoms with van der Waals surface area (Å²) in [4.78, 5) is 37.1. The zero-order valence-electron chi connectivity index (χ0n) is 20.5. The number of hydrogen-bond acceptors (Lipinski definition) is 4. The fraction of sp³-hybridized carbons (Fsp3) is 0.600. The number of hydrogen-bond donors (Lipinski definition) is 3. The van der Waals surface area contributed by atoms with Crippen molar-refractivity contribution in [2.45, 2.75) is 78.1 Å². The summed E-state index contributed by atoms with van der Waals surface area (Å²) in [6.07, 6.45) is 2.64. The van der Waals surface area contributed by atoms with Gasteiger partial charge in [0.25, 0.3) is 5.91 Å². The average Bonchev–Trinajstić information content (AvgIpc) is 3.11. The minimum Gasteiger partial charge on any atom is -0.370 e. The number of aromatic nitrogens is 2. The lowest BCUT2D eigenvalue weighted by atomic mass is 9.81. The van der Waals surface area contributed by atoms with E-state index in [2.05, 4.69) is 15.7 Å². The molecule has 4 N–H and O–H groups in total. The van der Waals surface area contributed by atoms with Crippen LogP contribution in [0, 0.1) is 11.3 Å². The summed E-state index contributed by atoms with van der Waals surface area (Å²) in [7, 11) is 0. The van der Waals surface area contributed by atoms with Gasteiger partial charge in [-0.05, 0) is 50.0 Å². The molecular weight excluding hydrogens is 437 g/mol. The standard InChI is InChI=1S/C25H36FN5O3/c1-24(2,3)21(23(34)28-14-11-19(27)32)29-22(33)20-17-7-5-6-8-18(17)31(30-20)15-16-9-12-25(4,26)13-10-16/h5-8,16,21H,9-15H2,1-4H3,(H2,27,32)(H,28,34)(H,29,33). The SMILES string of the molecule is CC1(F)CCC(Cn2nc(C(=O)NC(C(=O)NCCC(N)=O)C(C)(C)C)c3ccccc32)CC1. The highest BCUT2D eigenvalue weighted by molar-refractivity contribution is 6.06. The minimum absolute atomic E-state index is 0.0221. The summed E-state index contributed by atoms with van der Waals surface area (Å²) in [5, 5.41) is 10.8. The van der Waals surface area contributed by atoms with Crippen LogP contribution in [0.5, 0.6) is 0 Å². The number of nitrogens with zero attached hydrogens (tertiary/aromatic N) is 2. The Morgan fingerprint density at radius 2 is 1.88 bits per heavy atom. The molecule has 0 radical (unpaired) electrons. The molecule has 0 saturated heterocycles. The summed E-state index contributed by atoms with van der Waals surface area (Å²) < 4.78 is 16.0. The lowest BCUT2D eigenvalue weighted by Gasteiger charge is -2.31. The zero-order valence-corrected chi connectivity index (χ0v) is 20.5. The number of para-hydroxylation sites is 1. The van der Waals surface area contributed by atoms with Gasteiger partial charge in [0.05, 0.1) is 5.52 Å². The van der Waals surface area contributed by atoms with Crippen molar-refractivity contribution in [3.8, 4) is 0 Å². The van der Waals surface area contributed by atoms with Crippen LogP contribution in [-0.4, -0.2) is 45.8 Å². The third-order valence-electron chi connectivity index (χ3n) is 6.53. The van der Waals surface area contributed by atoms with Gasteiger partial charge in [0.1, 0.15) is 11.7 Å². The van der Waals surface area contributed by atoms with Crippen molar-refractivity contribution >= 4 is 28.6 Å². The summed E-state index contributed by atoms with van der Waals surface area (Å²) in [5.74, 6) is -1.05. The molecule has 3 rings (SSSR count). The first-order chi connectivity index (χ1) is 15.9. The van der Waals surface area contributed by atoms with E-state index in [1.54, 1.807) is 6.92 Å². The molecule has 9 heteroatoms. The molecule has 1 aromatic heterocycles. The van der Waals surface area contributed by atoms with Crippen LogP contribution in [0.3, 0.4) is 0 Å². The molecule has 3 amide bonds. The smallest absolute Gasteiger partial charge is 0.273 e. The highest BCUT2D eigenvalue weighted by atomic mass is 19.1. The van der Waals surface area contributed by atoms with Gasteiger partial charge in [-0.3, -0.25) is 19.1 Å². The Hall–Kier alpha value is -2.97. The number of nitrogens with one attached hydrogen (secondary N) is 2. The molecule has 0 aliphatic heterocycles. The number of fused-ring (bicyclic) bond motifs is 1. The Morgan fingerprint density at radius 3 is 2.50 bits per heavy atom. The highest BCUT2D eigenvalue weighted by Crippen LogP contribution is 2.35. The predicted octanol–water partition coefficient (Wildman–Crippen LogP) is 3.09. The van der Waals surface area contributed by atoms with Crippen LogP contribution in [0.15, 0.2) is 24.3 Å². The summed E-state index contributed by atoms with van der Waals surface area (Å²) in [6.45, 7) is 7.93. The second-order valence-electron chi connectivity index (χ2n) is 10.7. The largest absolute Gasteiger partial charge is 0.370 e. The summed E-state index contributed by atoms with van der Waals surface area (Å²) in [5.41, 5.74) is 4.55. The van der Waals surface area contributed by atoms with E-state index in [9.17, 15) is 18.8 Å². The van der Waals surface area contributed by atoms with Crippen molar-refractivity contribution in [1.82, 2.24) is 20.4 Å². The van der Waals surface area contributed by atoms with Crippen LogP contribution < -0.4 is 16.4 Å². The second-order valence-corrected chi connectivity index (χ2v) is 10.7. The van der Waals surface area contributed by atoms with Crippen molar-refractivity contribution in [2.75, 3.05) is 6.54 Å². The lowest BCUT2D eigenvalue weighted by Crippen LogP contribution is -2.54. The van der Waals surface area contributed by atoms with Crippen LogP contribution in [0.4, 0.5) is 4.39 Å². The van der Waals surface area contributed by atoms with E-state index < -0.39 is 28.9 Å². The molecule has 0 bridgehead atoms. The maximum absolute atomic E-state index is 14.2. The molecule has 2 aromatic rings. The van der Waals surface area contributed by atoms with Gasteiger partial charge in [-0.15, -0.1) is 0 Å². The number of primary amides is 1. The number of carbonyl (C=O) groups excluding carboxylic acids is 3. The van der Waals surface area contributed by atoms with E-state index in [4.69, 9.17) is 5.73 Å². The Kier molecular flexibility index (Phi) is 7.63. The molecule has 1 aliphatic carbocycles. The van der Waals surface area contributed by atoms with Crippen LogP contribution in [-0.2, 0) is 16.1 Å². The third-order valence-corrected chi connectivity index (χ3v) is 6.53. The number of carbonyl (C=O) groups is 3. The molecular formula is C25H36FN5O3. The van der Waals surface area contributed by atoms with Crippen LogP contribution >= 0.6 is 0 Å². The molecule has 1 heterocycles. The Bertz CT molecular complexity index is 1050. The third kappa shape index (κ3) is 6.33. The summed E-state index contributed by atoms with van der Waals surface area (Å²) >= 11 is 0. The van der Waals surface area contributed by atoms with Gasteiger partial charge in [0.2, 0.25) is 11.8 Å². The molecule has 1 unspecified atom stereocenters. The molecule has 8 nitrogen and oxygen atoms in total. The normalized spacial score (nSPS) is 21.7. The van der Waals surface area contributed by atoms with Crippen molar-refractivity contribution in [1.29, 1.82) is 0 Å². The number of alkyl halides is 1. The van der Waals surface area contributed by atoms with E-state index in [-0.39, 0.29) is 24.6 Å². The first-order valence-electron chi connectivity index (χ1n) is 11.9. The predicted molar refractivity (Wildman–Crippen MR) is 129 cm³/mol. The van der Waals surface area contributed by atoms with Crippen molar-refractivity contribution in [2.24, 2.45) is 17.1 Å². The lowest BCUT2D eigenvalue weighted by molar-refractivity contribution is -0.125. The molecule has 34 heavy (non-hydrogen) atoms. The van der Waals surface area contributed by atoms with Gasteiger partial charge in [0, 0.05) is 24.9 Å². The van der Waals surface area contributed by atoms with Gasteiger partial charge in [0.15, 0.2) is 5.69 Å². The highest BCUT2D eigenvalue weighted by Gasteiger charge is 2.34. The van der Waals surface area contributed by atoms with Gasteiger partial charge in [-0.2, -0.15) is 5.10 Å². The number of rotatable bonds is 8. The van der Waals surface area contributed by atoms with Crippen molar-refractivity contribution < 1.29 is 18.8 Å². The average molecular weight is 474 g/mol. The fourth-order valence-electron chi connectivity index (χ4n) is 4.43. The zero-order chi connectivity index (χ0) is 25.1. The van der Waals surface area contributed by atoms with E-state index in [1.165, 1.54) is 0 Å². The van der Waals surface area contributed by atoms with Gasteiger partial charge in [-0.1, -0.05) is 39.0 Å². The number of benzene rings is 1. The quantitative estimate of drug-likeness (QED) is 0.546. The topological polar surface area (TPSA) is 119 Å². The number of halogens is 1. The van der Waals surface area contributed by atoms with Gasteiger partial charge < -0.3 is 16.4 Å². The van der Waals surface area contributed by atoms with E-state index >= 15 is 0 Å². The Balaban J connectivity index is 1.80. The van der Waals surface area contributed by atoms with Crippen molar-refractivity contribution in [3.05, 3.63) is 30.0 Å². The maximum Gasteiger partial charge on any atom is 0.273 e.